The molecule has 112 valence electrons. The maximum absolute atomic E-state index is 12.0. The summed E-state index contributed by atoms with van der Waals surface area (Å²) in [5.74, 6) is 0.103. The molecule has 1 N–H and O–H groups in total. The Morgan fingerprint density at radius 2 is 1.75 bits per heavy atom. The molecule has 0 heterocycles. The van der Waals surface area contributed by atoms with Crippen molar-refractivity contribution in [1.29, 1.82) is 0 Å². The highest BCUT2D eigenvalue weighted by molar-refractivity contribution is 5.78. The van der Waals surface area contributed by atoms with Crippen LogP contribution in [0.1, 0.15) is 38.8 Å². The molecule has 0 radical (unpaired) electrons. The third-order valence-electron chi connectivity index (χ3n) is 3.63. The molecule has 0 aliphatic carbocycles. The van der Waals surface area contributed by atoms with Gasteiger partial charge in [0.2, 0.25) is 5.91 Å². The van der Waals surface area contributed by atoms with Gasteiger partial charge in [-0.3, -0.25) is 9.69 Å². The molecule has 0 spiro atoms. The smallest absolute Gasteiger partial charge is 0.224 e. The summed E-state index contributed by atoms with van der Waals surface area (Å²) in [6, 6.07) is 9.05. The topological polar surface area (TPSA) is 32.3 Å². The van der Waals surface area contributed by atoms with E-state index in [2.05, 4.69) is 37.9 Å². The highest BCUT2D eigenvalue weighted by Gasteiger charge is 2.13. The molecule has 0 saturated heterocycles. The molecule has 0 fully saturated rings. The summed E-state index contributed by atoms with van der Waals surface area (Å²) < 4.78 is 0. The van der Waals surface area contributed by atoms with E-state index in [-0.39, 0.29) is 5.91 Å². The maximum Gasteiger partial charge on any atom is 0.224 e. The van der Waals surface area contributed by atoms with Gasteiger partial charge >= 0.3 is 0 Å². The number of hydrogen-bond acceptors (Lipinski definition) is 2. The van der Waals surface area contributed by atoms with Crippen molar-refractivity contribution in [3.05, 3.63) is 35.4 Å². The number of nitrogens with one attached hydrogen (secondary N) is 1. The van der Waals surface area contributed by atoms with Crippen molar-refractivity contribution >= 4 is 5.91 Å². The minimum Gasteiger partial charge on any atom is -0.355 e. The van der Waals surface area contributed by atoms with Crippen molar-refractivity contribution < 1.29 is 4.79 Å². The van der Waals surface area contributed by atoms with Gasteiger partial charge < -0.3 is 5.32 Å². The van der Waals surface area contributed by atoms with Gasteiger partial charge in [-0.1, -0.05) is 24.3 Å². The van der Waals surface area contributed by atoms with E-state index in [9.17, 15) is 4.79 Å². The summed E-state index contributed by atoms with van der Waals surface area (Å²) in [6.07, 6.45) is 0.468. The molecule has 0 saturated carbocycles. The minimum atomic E-state index is 0.103. The normalized spacial score (nSPS) is 11.4. The molecular formula is C17H28N2O. The zero-order valence-electron chi connectivity index (χ0n) is 13.4. The van der Waals surface area contributed by atoms with E-state index in [4.69, 9.17) is 0 Å². The van der Waals surface area contributed by atoms with Crippen LogP contribution in [0.15, 0.2) is 24.3 Å². The number of carbonyl (C=O) groups excluding carboxylic acids is 1. The Kier molecular flexibility index (Phi) is 6.73. The second kappa shape index (κ2) is 8.05. The zero-order valence-corrected chi connectivity index (χ0v) is 13.4. The third-order valence-corrected chi connectivity index (χ3v) is 3.63. The fourth-order valence-electron chi connectivity index (χ4n) is 2.48. The fourth-order valence-corrected chi connectivity index (χ4v) is 2.48. The van der Waals surface area contributed by atoms with E-state index < -0.39 is 0 Å². The molecule has 0 unspecified atom stereocenters. The average molecular weight is 276 g/mol. The Morgan fingerprint density at radius 3 is 2.30 bits per heavy atom. The molecule has 0 aromatic heterocycles. The minimum absolute atomic E-state index is 0.103. The van der Waals surface area contributed by atoms with Gasteiger partial charge in [0, 0.05) is 25.2 Å². The standard InChI is InChI=1S/C17H28N2O/c1-13(2)19(14(3)4)11-10-18-17(20)12-16-9-7-6-8-15(16)5/h6-9,13-14H,10-12H2,1-5H3,(H,18,20). The predicted molar refractivity (Wildman–Crippen MR) is 84.9 cm³/mol. The molecule has 3 nitrogen and oxygen atoms in total. The van der Waals surface area contributed by atoms with Gasteiger partial charge in [0.05, 0.1) is 6.42 Å². The summed E-state index contributed by atoms with van der Waals surface area (Å²) in [4.78, 5) is 14.3. The molecule has 0 aliphatic rings. The van der Waals surface area contributed by atoms with Gasteiger partial charge in [-0.15, -0.1) is 0 Å². The molecule has 1 rings (SSSR count). The van der Waals surface area contributed by atoms with Gasteiger partial charge in [-0.25, -0.2) is 0 Å². The summed E-state index contributed by atoms with van der Waals surface area (Å²) in [7, 11) is 0. The number of amides is 1. The largest absolute Gasteiger partial charge is 0.355 e. The van der Waals surface area contributed by atoms with Crippen LogP contribution < -0.4 is 5.32 Å². The van der Waals surface area contributed by atoms with Crippen molar-refractivity contribution in [2.24, 2.45) is 0 Å². The lowest BCUT2D eigenvalue weighted by Gasteiger charge is -2.30. The Labute approximate surface area is 123 Å². The fraction of sp³-hybridized carbons (Fsp3) is 0.588. The molecule has 20 heavy (non-hydrogen) atoms. The SMILES string of the molecule is Cc1ccccc1CC(=O)NCCN(C(C)C)C(C)C. The van der Waals surface area contributed by atoms with E-state index in [0.717, 1.165) is 12.1 Å². The van der Waals surface area contributed by atoms with Crippen LogP contribution in [0.4, 0.5) is 0 Å². The molecule has 1 aromatic rings. The summed E-state index contributed by atoms with van der Waals surface area (Å²) >= 11 is 0. The molecule has 3 heteroatoms. The van der Waals surface area contributed by atoms with Gasteiger partial charge in [0.1, 0.15) is 0 Å². The monoisotopic (exact) mass is 276 g/mol. The van der Waals surface area contributed by atoms with E-state index in [0.29, 0.717) is 25.0 Å². The van der Waals surface area contributed by atoms with Crippen LogP contribution in [0, 0.1) is 6.92 Å². The average Bonchev–Trinajstić information content (AvgIpc) is 2.36. The van der Waals surface area contributed by atoms with Crippen molar-refractivity contribution in [2.75, 3.05) is 13.1 Å². The first-order valence-electron chi connectivity index (χ1n) is 7.48. The first-order valence-corrected chi connectivity index (χ1v) is 7.48. The predicted octanol–water partition coefficient (Wildman–Crippen LogP) is 2.77. The van der Waals surface area contributed by atoms with Crippen LogP contribution in [0.2, 0.25) is 0 Å². The van der Waals surface area contributed by atoms with Gasteiger partial charge in [0.25, 0.3) is 0 Å². The maximum atomic E-state index is 12.0. The Balaban J connectivity index is 2.39. The Bertz CT molecular complexity index is 419. The van der Waals surface area contributed by atoms with E-state index in [1.54, 1.807) is 0 Å². The molecule has 1 amide bonds. The van der Waals surface area contributed by atoms with Crippen molar-refractivity contribution in [3.8, 4) is 0 Å². The quantitative estimate of drug-likeness (QED) is 0.830. The Morgan fingerprint density at radius 1 is 1.15 bits per heavy atom. The van der Waals surface area contributed by atoms with Crippen molar-refractivity contribution in [3.63, 3.8) is 0 Å². The van der Waals surface area contributed by atoms with E-state index >= 15 is 0 Å². The lowest BCUT2D eigenvalue weighted by molar-refractivity contribution is -0.120. The summed E-state index contributed by atoms with van der Waals surface area (Å²) in [5, 5.41) is 3.02. The van der Waals surface area contributed by atoms with Gasteiger partial charge in [-0.05, 0) is 45.7 Å². The number of nitrogens with zero attached hydrogens (tertiary/aromatic N) is 1. The molecule has 0 bridgehead atoms. The molecule has 1 aromatic carbocycles. The second-order valence-electron chi connectivity index (χ2n) is 5.88. The third kappa shape index (κ3) is 5.33. The number of carbonyl (C=O) groups is 1. The van der Waals surface area contributed by atoms with Crippen LogP contribution in [-0.4, -0.2) is 36.0 Å². The number of hydrogen-bond donors (Lipinski definition) is 1. The van der Waals surface area contributed by atoms with Crippen LogP contribution in [-0.2, 0) is 11.2 Å². The van der Waals surface area contributed by atoms with Gasteiger partial charge in [0.15, 0.2) is 0 Å². The first-order chi connectivity index (χ1) is 9.41. The van der Waals surface area contributed by atoms with Crippen LogP contribution in [0.3, 0.4) is 0 Å². The number of aryl methyl sites for hydroxylation is 1. The molecule has 0 aliphatic heterocycles. The second-order valence-corrected chi connectivity index (χ2v) is 5.88. The van der Waals surface area contributed by atoms with Crippen LogP contribution in [0.5, 0.6) is 0 Å². The van der Waals surface area contributed by atoms with E-state index in [1.807, 2.05) is 31.2 Å². The zero-order chi connectivity index (χ0) is 15.1. The van der Waals surface area contributed by atoms with Crippen molar-refractivity contribution in [1.82, 2.24) is 10.2 Å². The summed E-state index contributed by atoms with van der Waals surface area (Å²) in [6.45, 7) is 12.4. The van der Waals surface area contributed by atoms with Gasteiger partial charge in [-0.2, -0.15) is 0 Å². The first kappa shape index (κ1) is 16.7. The lowest BCUT2D eigenvalue weighted by Crippen LogP contribution is -2.42. The molecule has 0 atom stereocenters. The molecular weight excluding hydrogens is 248 g/mol. The number of benzene rings is 1. The highest BCUT2D eigenvalue weighted by Crippen LogP contribution is 2.07. The highest BCUT2D eigenvalue weighted by atomic mass is 16.1. The summed E-state index contributed by atoms with van der Waals surface area (Å²) in [5.41, 5.74) is 2.28. The number of rotatable bonds is 7. The van der Waals surface area contributed by atoms with Crippen LogP contribution in [0.25, 0.3) is 0 Å². The van der Waals surface area contributed by atoms with Crippen LogP contribution >= 0.6 is 0 Å². The lowest BCUT2D eigenvalue weighted by atomic mass is 10.1. The van der Waals surface area contributed by atoms with E-state index in [1.165, 1.54) is 5.56 Å². The van der Waals surface area contributed by atoms with Crippen molar-refractivity contribution in [2.45, 2.75) is 53.1 Å². The Hall–Kier alpha value is -1.35.